The Morgan fingerprint density at radius 2 is 1.93 bits per heavy atom. The first-order valence-electron chi connectivity index (χ1n) is 9.15. The second-order valence-corrected chi connectivity index (χ2v) is 8.65. The first-order valence-corrected chi connectivity index (χ1v) is 10.6. The lowest BCUT2D eigenvalue weighted by Crippen LogP contribution is -2.41. The lowest BCUT2D eigenvalue weighted by molar-refractivity contribution is 0.577. The van der Waals surface area contributed by atoms with Crippen LogP contribution in [-0.2, 0) is 23.6 Å². The van der Waals surface area contributed by atoms with E-state index in [1.54, 1.807) is 43.2 Å². The maximum atomic E-state index is 14.8. The summed E-state index contributed by atoms with van der Waals surface area (Å²) in [6.07, 6.45) is 3.36. The third-order valence-electron chi connectivity index (χ3n) is 4.90. The Kier molecular flexibility index (Phi) is 5.02. The quantitative estimate of drug-likeness (QED) is 0.665. The van der Waals surface area contributed by atoms with E-state index in [0.29, 0.717) is 0 Å². The van der Waals surface area contributed by atoms with Gasteiger partial charge in [0.25, 0.3) is 10.0 Å². The number of sulfonamides is 1. The van der Waals surface area contributed by atoms with Crippen molar-refractivity contribution in [3.05, 3.63) is 77.1 Å². The lowest BCUT2D eigenvalue weighted by Gasteiger charge is -2.26. The van der Waals surface area contributed by atoms with Crippen LogP contribution in [0.15, 0.2) is 58.7 Å². The van der Waals surface area contributed by atoms with Crippen LogP contribution < -0.4 is 10.0 Å². The molecule has 0 fully saturated rings. The number of fused-ring (bicyclic) bond motifs is 1. The number of aryl methyl sites for hydroxylation is 1. The Bertz CT molecular complexity index is 1250. The molecule has 4 rings (SSSR count). The number of guanidine groups is 1. The van der Waals surface area contributed by atoms with Crippen LogP contribution in [0, 0.1) is 11.6 Å². The van der Waals surface area contributed by atoms with Crippen LogP contribution in [0.2, 0.25) is 0 Å². The van der Waals surface area contributed by atoms with Crippen LogP contribution in [0.25, 0.3) is 0 Å². The summed E-state index contributed by atoms with van der Waals surface area (Å²) in [6, 6.07) is 8.27. The largest absolute Gasteiger partial charge is 0.324 e. The fourth-order valence-corrected chi connectivity index (χ4v) is 4.61. The zero-order valence-corrected chi connectivity index (χ0v) is 17.0. The zero-order chi connectivity index (χ0) is 21.5. The van der Waals surface area contributed by atoms with Gasteiger partial charge in [-0.2, -0.15) is 5.10 Å². The minimum absolute atomic E-state index is 0.0427. The van der Waals surface area contributed by atoms with Gasteiger partial charge in [-0.1, -0.05) is 25.1 Å². The van der Waals surface area contributed by atoms with Crippen molar-refractivity contribution in [2.45, 2.75) is 24.3 Å². The van der Waals surface area contributed by atoms with Crippen LogP contribution in [0.4, 0.5) is 14.5 Å². The molecule has 1 atom stereocenters. The van der Waals surface area contributed by atoms with Crippen LogP contribution in [0.1, 0.15) is 29.5 Å². The molecule has 0 radical (unpaired) electrons. The summed E-state index contributed by atoms with van der Waals surface area (Å²) in [5.74, 6) is -1.91. The van der Waals surface area contributed by atoms with Crippen LogP contribution in [0.3, 0.4) is 0 Å². The number of nitrogens with zero attached hydrogens (tertiary/aromatic N) is 3. The summed E-state index contributed by atoms with van der Waals surface area (Å²) in [4.78, 5) is 4.12. The van der Waals surface area contributed by atoms with Gasteiger partial charge in [0.15, 0.2) is 0 Å². The average Bonchev–Trinajstić information content (AvgIpc) is 3.11. The maximum Gasteiger partial charge on any atom is 0.266 e. The van der Waals surface area contributed by atoms with Crippen molar-refractivity contribution in [3.8, 4) is 0 Å². The van der Waals surface area contributed by atoms with Crippen molar-refractivity contribution >= 4 is 21.7 Å². The summed E-state index contributed by atoms with van der Waals surface area (Å²) in [5.41, 5.74) is 1.14. The molecule has 2 heterocycles. The van der Waals surface area contributed by atoms with Crippen molar-refractivity contribution in [2.75, 3.05) is 5.32 Å². The summed E-state index contributed by atoms with van der Waals surface area (Å²) >= 11 is 0. The molecule has 1 aliphatic heterocycles. The van der Waals surface area contributed by atoms with E-state index >= 15 is 0 Å². The maximum absolute atomic E-state index is 14.8. The summed E-state index contributed by atoms with van der Waals surface area (Å²) in [6.45, 7) is 1.79. The second kappa shape index (κ2) is 7.52. The summed E-state index contributed by atoms with van der Waals surface area (Å²) < 4.78 is 58.6. The van der Waals surface area contributed by atoms with Gasteiger partial charge in [-0.05, 0) is 23.8 Å². The molecule has 156 valence electrons. The first kappa shape index (κ1) is 20.0. The van der Waals surface area contributed by atoms with Gasteiger partial charge in [0.05, 0.1) is 18.4 Å². The third-order valence-corrected chi connectivity index (χ3v) is 6.28. The van der Waals surface area contributed by atoms with Gasteiger partial charge in [0.1, 0.15) is 16.5 Å². The van der Waals surface area contributed by atoms with Gasteiger partial charge in [0, 0.05) is 30.3 Å². The number of aromatic nitrogens is 2. The molecule has 30 heavy (non-hydrogen) atoms. The molecule has 10 heteroatoms. The number of halogens is 2. The predicted molar refractivity (Wildman–Crippen MR) is 109 cm³/mol. The number of anilines is 1. The molecule has 0 spiro atoms. The van der Waals surface area contributed by atoms with Crippen LogP contribution >= 0.6 is 0 Å². The number of nitrogens with one attached hydrogen (secondary N) is 2. The molecule has 0 saturated heterocycles. The normalized spacial score (nSPS) is 17.1. The Balaban J connectivity index is 1.78. The molecule has 3 aromatic rings. The smallest absolute Gasteiger partial charge is 0.266 e. The third kappa shape index (κ3) is 3.65. The topological polar surface area (TPSA) is 88.4 Å². The van der Waals surface area contributed by atoms with Gasteiger partial charge < -0.3 is 5.32 Å². The van der Waals surface area contributed by atoms with Crippen molar-refractivity contribution in [1.29, 1.82) is 0 Å². The predicted octanol–water partition coefficient (Wildman–Crippen LogP) is 3.11. The van der Waals surface area contributed by atoms with E-state index in [-0.39, 0.29) is 34.2 Å². The van der Waals surface area contributed by atoms with Gasteiger partial charge >= 0.3 is 0 Å². The first-order chi connectivity index (χ1) is 14.3. The highest BCUT2D eigenvalue weighted by Crippen LogP contribution is 2.38. The van der Waals surface area contributed by atoms with Crippen molar-refractivity contribution < 1.29 is 17.2 Å². The fraction of sp³-hybridized carbons (Fsp3) is 0.200. The Hall–Kier alpha value is -3.27. The molecule has 1 aromatic heterocycles. The van der Waals surface area contributed by atoms with Gasteiger partial charge in [0.2, 0.25) is 5.96 Å². The molecule has 1 aliphatic rings. The molecule has 2 N–H and O–H groups in total. The molecule has 0 bridgehead atoms. The molecule has 7 nitrogen and oxygen atoms in total. The SMILES string of the molecule is CC(c1ccccc1F)c1c(F)ccc2c1NC(=NCc1cnn(C)c1)NS2(=O)=O. The van der Waals surface area contributed by atoms with Crippen molar-refractivity contribution in [2.24, 2.45) is 12.0 Å². The van der Waals surface area contributed by atoms with Crippen molar-refractivity contribution in [1.82, 2.24) is 14.5 Å². The number of rotatable bonds is 4. The number of aliphatic imine (C=N–C) groups is 1. The van der Waals surface area contributed by atoms with E-state index in [4.69, 9.17) is 0 Å². The minimum Gasteiger partial charge on any atom is -0.324 e. The van der Waals surface area contributed by atoms with E-state index in [1.165, 1.54) is 18.2 Å². The van der Waals surface area contributed by atoms with E-state index < -0.39 is 27.6 Å². The second-order valence-electron chi connectivity index (χ2n) is 6.99. The molecular weight excluding hydrogens is 412 g/mol. The van der Waals surface area contributed by atoms with Crippen LogP contribution in [-0.4, -0.2) is 24.2 Å². The van der Waals surface area contributed by atoms with E-state index in [0.717, 1.165) is 11.6 Å². The molecule has 2 aromatic carbocycles. The monoisotopic (exact) mass is 431 g/mol. The number of hydrogen-bond acceptors (Lipinski definition) is 4. The van der Waals surface area contributed by atoms with Gasteiger partial charge in [-0.3, -0.25) is 4.68 Å². The molecular formula is C20H19F2N5O2S. The summed E-state index contributed by atoms with van der Waals surface area (Å²) in [5, 5.41) is 6.92. The highest BCUT2D eigenvalue weighted by molar-refractivity contribution is 7.90. The van der Waals surface area contributed by atoms with E-state index in [9.17, 15) is 17.2 Å². The van der Waals surface area contributed by atoms with E-state index in [2.05, 4.69) is 20.1 Å². The lowest BCUT2D eigenvalue weighted by atomic mass is 9.91. The summed E-state index contributed by atoms with van der Waals surface area (Å²) in [7, 11) is -2.22. The fourth-order valence-electron chi connectivity index (χ4n) is 3.45. The standard InChI is InChI=1S/C20H19F2N5O2S/c1-12(14-5-3-4-6-15(14)21)18-16(22)7-8-17-19(18)25-20(26-30(17,28)29)23-9-13-10-24-27(2)11-13/h3-8,10-12H,9H2,1-2H3,(H2,23,25,26). The van der Waals surface area contributed by atoms with E-state index in [1.807, 2.05) is 0 Å². The molecule has 0 amide bonds. The number of hydrogen-bond donors (Lipinski definition) is 2. The average molecular weight is 431 g/mol. The Labute approximate surface area is 172 Å². The number of benzene rings is 2. The molecule has 0 aliphatic carbocycles. The Morgan fingerprint density at radius 1 is 1.17 bits per heavy atom. The highest BCUT2D eigenvalue weighted by atomic mass is 32.2. The molecule has 1 unspecified atom stereocenters. The zero-order valence-electron chi connectivity index (χ0n) is 16.2. The highest BCUT2D eigenvalue weighted by Gasteiger charge is 2.32. The van der Waals surface area contributed by atoms with Gasteiger partial charge in [-0.15, -0.1) is 0 Å². The minimum atomic E-state index is -3.98. The van der Waals surface area contributed by atoms with Gasteiger partial charge in [-0.25, -0.2) is 26.9 Å². The Morgan fingerprint density at radius 3 is 2.63 bits per heavy atom. The molecule has 0 saturated carbocycles. The van der Waals surface area contributed by atoms with Crippen LogP contribution in [0.5, 0.6) is 0 Å². The van der Waals surface area contributed by atoms with Crippen molar-refractivity contribution in [3.63, 3.8) is 0 Å².